The first kappa shape index (κ1) is 19.2. The summed E-state index contributed by atoms with van der Waals surface area (Å²) in [5, 5.41) is 24.9. The zero-order chi connectivity index (χ0) is 20.7. The third-order valence-corrected chi connectivity index (χ3v) is 6.18. The van der Waals surface area contributed by atoms with Gasteiger partial charge in [0.1, 0.15) is 5.82 Å². The largest absolute Gasteiger partial charge is 0.384 e. The van der Waals surface area contributed by atoms with Crippen LogP contribution < -0.4 is 10.6 Å². The van der Waals surface area contributed by atoms with E-state index in [0.29, 0.717) is 36.2 Å². The van der Waals surface area contributed by atoms with Crippen molar-refractivity contribution in [3.05, 3.63) is 78.4 Å². The summed E-state index contributed by atoms with van der Waals surface area (Å²) in [5.74, 6) is -0.347. The van der Waals surface area contributed by atoms with E-state index < -0.39 is 10.8 Å². The topological polar surface area (TPSA) is 113 Å². The first-order valence-electron chi connectivity index (χ1n) is 8.86. The van der Waals surface area contributed by atoms with Crippen LogP contribution >= 0.6 is 22.9 Å². The summed E-state index contributed by atoms with van der Waals surface area (Å²) < 4.78 is 0. The van der Waals surface area contributed by atoms with Crippen LogP contribution in [-0.4, -0.2) is 10.7 Å². The molecule has 1 aliphatic heterocycles. The van der Waals surface area contributed by atoms with Gasteiger partial charge in [-0.2, -0.15) is 16.6 Å². The molecule has 146 valence electrons. The molecular formula is C20H15ClN4O3S. The maximum Gasteiger partial charge on any atom is 0.271 e. The third-order valence-electron chi connectivity index (χ3n) is 5.17. The van der Waals surface area contributed by atoms with Crippen molar-refractivity contribution in [3.8, 4) is 6.07 Å². The fourth-order valence-electron chi connectivity index (χ4n) is 3.92. The van der Waals surface area contributed by atoms with Gasteiger partial charge in [-0.15, -0.1) is 0 Å². The molecule has 4 rings (SSSR count). The van der Waals surface area contributed by atoms with Crippen LogP contribution in [0.25, 0.3) is 0 Å². The molecule has 2 heterocycles. The van der Waals surface area contributed by atoms with E-state index >= 15 is 0 Å². The van der Waals surface area contributed by atoms with E-state index in [1.54, 1.807) is 4.90 Å². The van der Waals surface area contributed by atoms with Crippen molar-refractivity contribution in [2.24, 2.45) is 5.73 Å². The second-order valence-corrected chi connectivity index (χ2v) is 7.95. The zero-order valence-corrected chi connectivity index (χ0v) is 16.7. The highest BCUT2D eigenvalue weighted by Crippen LogP contribution is 2.47. The lowest BCUT2D eigenvalue weighted by molar-refractivity contribution is -0.384. The number of nitrogens with zero attached hydrogens (tertiary/aromatic N) is 3. The van der Waals surface area contributed by atoms with Gasteiger partial charge in [-0.3, -0.25) is 19.8 Å². The molecule has 0 radical (unpaired) electrons. The monoisotopic (exact) mass is 426 g/mol. The van der Waals surface area contributed by atoms with E-state index in [4.69, 9.17) is 17.3 Å². The Morgan fingerprint density at radius 1 is 1.34 bits per heavy atom. The lowest BCUT2D eigenvalue weighted by atomic mass is 9.76. The summed E-state index contributed by atoms with van der Waals surface area (Å²) in [6, 6.07) is 8.13. The second kappa shape index (κ2) is 7.35. The molecule has 0 unspecified atom stereocenters. The van der Waals surface area contributed by atoms with Gasteiger partial charge in [0.15, 0.2) is 5.78 Å². The Kier molecular flexibility index (Phi) is 4.86. The van der Waals surface area contributed by atoms with Crippen LogP contribution in [0.2, 0.25) is 5.02 Å². The molecule has 7 nitrogen and oxygen atoms in total. The smallest absolute Gasteiger partial charge is 0.271 e. The van der Waals surface area contributed by atoms with Crippen LogP contribution in [0.1, 0.15) is 30.7 Å². The molecule has 0 saturated heterocycles. The van der Waals surface area contributed by atoms with Crippen LogP contribution in [-0.2, 0) is 4.79 Å². The number of nitrogens with two attached hydrogens (primary N) is 1. The number of allylic oxidation sites excluding steroid dienone is 3. The van der Waals surface area contributed by atoms with E-state index in [0.717, 1.165) is 5.56 Å². The van der Waals surface area contributed by atoms with Gasteiger partial charge < -0.3 is 5.73 Å². The second-order valence-electron chi connectivity index (χ2n) is 6.77. The number of non-ortho nitro benzene ring substituents is 1. The Bertz CT molecular complexity index is 1130. The fourth-order valence-corrected chi connectivity index (χ4v) is 4.87. The number of carbonyl (C=O) groups excluding carboxylic acids is 1. The van der Waals surface area contributed by atoms with E-state index in [1.807, 2.05) is 16.8 Å². The van der Waals surface area contributed by atoms with Crippen molar-refractivity contribution in [1.82, 2.24) is 0 Å². The molecule has 1 aromatic heterocycles. The fraction of sp³-hybridized carbons (Fsp3) is 0.200. The molecule has 0 bridgehead atoms. The molecule has 1 atom stereocenters. The van der Waals surface area contributed by atoms with Crippen molar-refractivity contribution >= 4 is 40.1 Å². The lowest BCUT2D eigenvalue weighted by Crippen LogP contribution is -2.38. The summed E-state index contributed by atoms with van der Waals surface area (Å²) in [6.45, 7) is 0. The molecule has 0 saturated carbocycles. The van der Waals surface area contributed by atoms with Crippen LogP contribution in [0.4, 0.5) is 11.4 Å². The van der Waals surface area contributed by atoms with E-state index in [1.165, 1.54) is 29.5 Å². The summed E-state index contributed by atoms with van der Waals surface area (Å²) in [6.07, 6.45) is 1.65. The number of hydrogen-bond acceptors (Lipinski definition) is 7. The number of benzene rings is 1. The minimum absolute atomic E-state index is 0.0225. The number of nitriles is 1. The van der Waals surface area contributed by atoms with Gasteiger partial charge in [0.2, 0.25) is 0 Å². The van der Waals surface area contributed by atoms with Gasteiger partial charge in [0.25, 0.3) is 5.69 Å². The number of halogens is 1. The molecule has 0 fully saturated rings. The van der Waals surface area contributed by atoms with E-state index in [9.17, 15) is 20.2 Å². The standard InChI is InChI=1S/C20H15ClN4O3S/c21-14-8-12(25(27)28)4-5-15(14)24-16-2-1-3-17(26)19(16)18(11-6-7-29-10-11)13(9-22)20(24)23/h4-8,10,18H,1-3,23H2/t18-/m0/s1. The minimum Gasteiger partial charge on any atom is -0.384 e. The average molecular weight is 427 g/mol. The summed E-state index contributed by atoms with van der Waals surface area (Å²) >= 11 is 7.84. The van der Waals surface area contributed by atoms with Gasteiger partial charge in [-0.25, -0.2) is 0 Å². The number of Topliss-reactive ketones (excluding diaryl/α,β-unsaturated/α-hetero) is 1. The van der Waals surface area contributed by atoms with Crippen LogP contribution in [0.5, 0.6) is 0 Å². The number of nitro groups is 1. The molecular weight excluding hydrogens is 412 g/mol. The average Bonchev–Trinajstić information content (AvgIpc) is 3.22. The van der Waals surface area contributed by atoms with Crippen LogP contribution in [0.3, 0.4) is 0 Å². The van der Waals surface area contributed by atoms with Crippen LogP contribution in [0, 0.1) is 21.4 Å². The Hall–Kier alpha value is -3.15. The third kappa shape index (κ3) is 3.09. The molecule has 29 heavy (non-hydrogen) atoms. The number of anilines is 1. The number of nitro benzene ring substituents is 1. The van der Waals surface area contributed by atoms with Gasteiger partial charge in [-0.1, -0.05) is 11.6 Å². The molecule has 1 aliphatic carbocycles. The lowest BCUT2D eigenvalue weighted by Gasteiger charge is -2.39. The molecule has 2 aliphatic rings. The Labute approximate surface area is 175 Å². The van der Waals surface area contributed by atoms with Gasteiger partial charge in [0.05, 0.1) is 33.2 Å². The van der Waals surface area contributed by atoms with Gasteiger partial charge in [-0.05, 0) is 41.3 Å². The van der Waals surface area contributed by atoms with Gasteiger partial charge >= 0.3 is 0 Å². The minimum atomic E-state index is -0.535. The zero-order valence-electron chi connectivity index (χ0n) is 15.1. The van der Waals surface area contributed by atoms with E-state index in [-0.39, 0.29) is 27.9 Å². The summed E-state index contributed by atoms with van der Waals surface area (Å²) in [7, 11) is 0. The van der Waals surface area contributed by atoms with Crippen molar-refractivity contribution in [2.45, 2.75) is 25.2 Å². The Morgan fingerprint density at radius 2 is 2.14 bits per heavy atom. The van der Waals surface area contributed by atoms with Crippen molar-refractivity contribution in [2.75, 3.05) is 4.90 Å². The SMILES string of the molecule is N#CC1=C(N)N(c2ccc([N+](=O)[O-])cc2Cl)C2=C(C(=O)CCC2)[C@H]1c1ccsc1. The molecule has 9 heteroatoms. The number of thiophene rings is 1. The number of carbonyl (C=O) groups is 1. The Morgan fingerprint density at radius 3 is 2.76 bits per heavy atom. The predicted octanol–water partition coefficient (Wildman–Crippen LogP) is 4.61. The first-order chi connectivity index (χ1) is 13.9. The molecule has 2 N–H and O–H groups in total. The molecule has 2 aromatic rings. The Balaban J connectivity index is 1.96. The summed E-state index contributed by atoms with van der Waals surface area (Å²) in [4.78, 5) is 25.1. The highest BCUT2D eigenvalue weighted by Gasteiger charge is 2.40. The maximum absolute atomic E-state index is 12.9. The maximum atomic E-state index is 12.9. The number of ketones is 1. The van der Waals surface area contributed by atoms with Gasteiger partial charge in [0, 0.05) is 29.8 Å². The van der Waals surface area contributed by atoms with Crippen molar-refractivity contribution < 1.29 is 9.72 Å². The highest BCUT2D eigenvalue weighted by atomic mass is 35.5. The molecule has 0 spiro atoms. The molecule has 0 amide bonds. The summed E-state index contributed by atoms with van der Waals surface area (Å²) in [5.41, 5.74) is 9.06. The molecule has 1 aromatic carbocycles. The first-order valence-corrected chi connectivity index (χ1v) is 10.2. The number of hydrogen-bond donors (Lipinski definition) is 1. The van der Waals surface area contributed by atoms with E-state index in [2.05, 4.69) is 6.07 Å². The van der Waals surface area contributed by atoms with Crippen molar-refractivity contribution in [3.63, 3.8) is 0 Å². The quantitative estimate of drug-likeness (QED) is 0.566. The van der Waals surface area contributed by atoms with Crippen LogP contribution in [0.15, 0.2) is 57.7 Å². The predicted molar refractivity (Wildman–Crippen MR) is 110 cm³/mol. The normalized spacial score (nSPS) is 19.2. The number of rotatable bonds is 3. The highest BCUT2D eigenvalue weighted by molar-refractivity contribution is 7.08. The van der Waals surface area contributed by atoms with Crippen molar-refractivity contribution in [1.29, 1.82) is 5.26 Å².